The highest BCUT2D eigenvalue weighted by molar-refractivity contribution is 6.38. The molecule has 0 unspecified atom stereocenters. The number of hydrogen-bond donors (Lipinski definition) is 3. The number of ether oxygens (including phenoxy) is 2. The molecule has 2 rings (SSSR count). The first-order valence-electron chi connectivity index (χ1n) is 12.2. The first kappa shape index (κ1) is 28.3. The van der Waals surface area contributed by atoms with Crippen molar-refractivity contribution in [2.45, 2.75) is 84.0 Å². The normalized spacial score (nSPS) is 15.1. The number of carbonyl (C=O) groups excluding carboxylic acids is 4. The van der Waals surface area contributed by atoms with Gasteiger partial charge in [0.2, 0.25) is 11.7 Å². The Morgan fingerprint density at radius 2 is 1.63 bits per heavy atom. The molecule has 35 heavy (non-hydrogen) atoms. The molecule has 1 aromatic carbocycles. The van der Waals surface area contributed by atoms with Crippen molar-refractivity contribution in [2.24, 2.45) is 5.92 Å². The number of amides is 3. The molecule has 2 atom stereocenters. The minimum Gasteiger partial charge on any atom is -0.447 e. The average molecular weight is 490 g/mol. The van der Waals surface area contributed by atoms with E-state index < -0.39 is 35.8 Å². The SMILES string of the molecule is CC(C)C[C@H](NC(=O)OCCOC(C)(C)C)C(=O)N[C@@H](Cc1ccccc1)C(=O)C(=O)NC1CC1. The van der Waals surface area contributed by atoms with Crippen molar-refractivity contribution in [1.29, 1.82) is 0 Å². The molecular formula is C26H39N3O6. The first-order valence-corrected chi connectivity index (χ1v) is 12.2. The van der Waals surface area contributed by atoms with Crippen LogP contribution in [-0.2, 0) is 30.3 Å². The molecule has 1 aliphatic rings. The Labute approximate surface area is 207 Å². The number of hydrogen-bond acceptors (Lipinski definition) is 6. The van der Waals surface area contributed by atoms with E-state index in [1.807, 2.05) is 65.0 Å². The van der Waals surface area contributed by atoms with Gasteiger partial charge in [-0.3, -0.25) is 14.4 Å². The van der Waals surface area contributed by atoms with E-state index in [4.69, 9.17) is 9.47 Å². The van der Waals surface area contributed by atoms with Crippen LogP contribution in [0.2, 0.25) is 0 Å². The molecule has 0 aliphatic heterocycles. The highest BCUT2D eigenvalue weighted by atomic mass is 16.6. The summed E-state index contributed by atoms with van der Waals surface area (Å²) in [7, 11) is 0. The number of benzene rings is 1. The molecule has 1 aromatic rings. The third kappa shape index (κ3) is 11.4. The van der Waals surface area contributed by atoms with Crippen LogP contribution in [0.5, 0.6) is 0 Å². The molecule has 3 N–H and O–H groups in total. The zero-order valence-electron chi connectivity index (χ0n) is 21.4. The van der Waals surface area contributed by atoms with Crippen LogP contribution in [0.25, 0.3) is 0 Å². The maximum atomic E-state index is 13.1. The van der Waals surface area contributed by atoms with Crippen LogP contribution in [-0.4, -0.2) is 60.6 Å². The predicted octanol–water partition coefficient (Wildman–Crippen LogP) is 2.52. The summed E-state index contributed by atoms with van der Waals surface area (Å²) in [5, 5.41) is 7.96. The molecule has 0 aromatic heterocycles. The number of Topliss-reactive ketones (excluding diaryl/α,β-unsaturated/α-hetero) is 1. The molecule has 0 bridgehead atoms. The standard InChI is InChI=1S/C26H39N3O6/c1-17(2)15-21(29-25(33)34-13-14-35-26(3,4)5)23(31)28-20(16-18-9-7-6-8-10-18)22(30)24(32)27-19-11-12-19/h6-10,17,19-21H,11-16H2,1-5H3,(H,27,32)(H,28,31)(H,29,33)/t20-,21-/m0/s1. The molecule has 0 radical (unpaired) electrons. The molecule has 194 valence electrons. The Morgan fingerprint density at radius 3 is 2.20 bits per heavy atom. The fourth-order valence-corrected chi connectivity index (χ4v) is 3.34. The van der Waals surface area contributed by atoms with Gasteiger partial charge in [0.05, 0.1) is 12.2 Å². The Kier molecular flexibility index (Phi) is 10.7. The summed E-state index contributed by atoms with van der Waals surface area (Å²) in [4.78, 5) is 50.8. The van der Waals surface area contributed by atoms with Gasteiger partial charge in [0.1, 0.15) is 18.7 Å². The fourth-order valence-electron chi connectivity index (χ4n) is 3.34. The van der Waals surface area contributed by atoms with E-state index in [0.29, 0.717) is 6.42 Å². The lowest BCUT2D eigenvalue weighted by Gasteiger charge is -2.24. The van der Waals surface area contributed by atoms with Gasteiger partial charge in [-0.2, -0.15) is 0 Å². The largest absolute Gasteiger partial charge is 0.447 e. The summed E-state index contributed by atoms with van der Waals surface area (Å²) in [5.41, 5.74) is 0.448. The van der Waals surface area contributed by atoms with E-state index in [2.05, 4.69) is 16.0 Å². The number of rotatable bonds is 13. The van der Waals surface area contributed by atoms with Crippen molar-refractivity contribution >= 4 is 23.7 Å². The third-order valence-electron chi connectivity index (χ3n) is 5.22. The monoisotopic (exact) mass is 489 g/mol. The van der Waals surface area contributed by atoms with Gasteiger partial charge < -0.3 is 25.4 Å². The van der Waals surface area contributed by atoms with E-state index >= 15 is 0 Å². The van der Waals surface area contributed by atoms with E-state index in [1.165, 1.54) is 0 Å². The molecule has 9 heteroatoms. The summed E-state index contributed by atoms with van der Waals surface area (Å²) in [6.07, 6.45) is 1.43. The molecule has 0 spiro atoms. The second-order valence-electron chi connectivity index (χ2n) is 10.3. The lowest BCUT2D eigenvalue weighted by Crippen LogP contribution is -2.55. The summed E-state index contributed by atoms with van der Waals surface area (Å²) >= 11 is 0. The Morgan fingerprint density at radius 1 is 0.971 bits per heavy atom. The fraction of sp³-hybridized carbons (Fsp3) is 0.615. The van der Waals surface area contributed by atoms with Crippen molar-refractivity contribution in [3.8, 4) is 0 Å². The lowest BCUT2D eigenvalue weighted by atomic mass is 9.99. The van der Waals surface area contributed by atoms with Gasteiger partial charge in [-0.1, -0.05) is 44.2 Å². The molecular weight excluding hydrogens is 450 g/mol. The molecule has 1 saturated carbocycles. The van der Waals surface area contributed by atoms with E-state index in [9.17, 15) is 19.2 Å². The van der Waals surface area contributed by atoms with E-state index in [1.54, 1.807) is 0 Å². The van der Waals surface area contributed by atoms with Gasteiger partial charge in [0, 0.05) is 12.5 Å². The second kappa shape index (κ2) is 13.2. The van der Waals surface area contributed by atoms with Gasteiger partial charge in [-0.05, 0) is 51.5 Å². The zero-order valence-corrected chi connectivity index (χ0v) is 21.4. The predicted molar refractivity (Wildman–Crippen MR) is 132 cm³/mol. The molecule has 9 nitrogen and oxygen atoms in total. The van der Waals surface area contributed by atoms with Gasteiger partial charge in [0.25, 0.3) is 5.91 Å². The van der Waals surface area contributed by atoms with Crippen molar-refractivity contribution < 1.29 is 28.7 Å². The maximum absolute atomic E-state index is 13.1. The Balaban J connectivity index is 2.04. The van der Waals surface area contributed by atoms with Crippen LogP contribution in [0.1, 0.15) is 59.4 Å². The van der Waals surface area contributed by atoms with Crippen molar-refractivity contribution in [3.63, 3.8) is 0 Å². The number of ketones is 1. The van der Waals surface area contributed by atoms with Crippen LogP contribution in [0.15, 0.2) is 30.3 Å². The van der Waals surface area contributed by atoms with Crippen LogP contribution in [0.4, 0.5) is 4.79 Å². The van der Waals surface area contributed by atoms with Crippen LogP contribution in [0.3, 0.4) is 0 Å². The highest BCUT2D eigenvalue weighted by Gasteiger charge is 2.33. The summed E-state index contributed by atoms with van der Waals surface area (Å²) in [6, 6.07) is 7.18. The quantitative estimate of drug-likeness (QED) is 0.289. The molecule has 0 heterocycles. The first-order chi connectivity index (χ1) is 16.4. The van der Waals surface area contributed by atoms with E-state index in [-0.39, 0.29) is 37.2 Å². The summed E-state index contributed by atoms with van der Waals surface area (Å²) in [6.45, 7) is 9.79. The Hall–Kier alpha value is -2.94. The molecule has 0 saturated heterocycles. The van der Waals surface area contributed by atoms with Gasteiger partial charge in [-0.15, -0.1) is 0 Å². The minimum absolute atomic E-state index is 0.0203. The third-order valence-corrected chi connectivity index (χ3v) is 5.22. The number of carbonyl (C=O) groups is 4. The smallest absolute Gasteiger partial charge is 0.407 e. The van der Waals surface area contributed by atoms with Crippen molar-refractivity contribution in [1.82, 2.24) is 16.0 Å². The van der Waals surface area contributed by atoms with E-state index in [0.717, 1.165) is 18.4 Å². The second-order valence-corrected chi connectivity index (χ2v) is 10.3. The van der Waals surface area contributed by atoms with Gasteiger partial charge >= 0.3 is 6.09 Å². The average Bonchev–Trinajstić information content (AvgIpc) is 3.59. The number of nitrogens with one attached hydrogen (secondary N) is 3. The maximum Gasteiger partial charge on any atom is 0.407 e. The lowest BCUT2D eigenvalue weighted by molar-refractivity contribution is -0.140. The topological polar surface area (TPSA) is 123 Å². The van der Waals surface area contributed by atoms with Crippen molar-refractivity contribution in [3.05, 3.63) is 35.9 Å². The van der Waals surface area contributed by atoms with Gasteiger partial charge in [-0.25, -0.2) is 4.79 Å². The molecule has 3 amide bonds. The van der Waals surface area contributed by atoms with Crippen molar-refractivity contribution in [2.75, 3.05) is 13.2 Å². The summed E-state index contributed by atoms with van der Waals surface area (Å²) < 4.78 is 10.7. The van der Waals surface area contributed by atoms with Crippen LogP contribution < -0.4 is 16.0 Å². The van der Waals surface area contributed by atoms with Crippen LogP contribution in [0, 0.1) is 5.92 Å². The Bertz CT molecular complexity index is 862. The zero-order chi connectivity index (χ0) is 26.0. The summed E-state index contributed by atoms with van der Waals surface area (Å²) in [5.74, 6) is -1.88. The number of alkyl carbamates (subject to hydrolysis) is 1. The van der Waals surface area contributed by atoms with Crippen LogP contribution >= 0.6 is 0 Å². The van der Waals surface area contributed by atoms with Gasteiger partial charge in [0.15, 0.2) is 0 Å². The minimum atomic E-state index is -1.06. The molecule has 1 fully saturated rings. The molecule has 1 aliphatic carbocycles. The highest BCUT2D eigenvalue weighted by Crippen LogP contribution is 2.18.